The van der Waals surface area contributed by atoms with Crippen LogP contribution in [-0.2, 0) is 22.6 Å². The lowest BCUT2D eigenvalue weighted by molar-refractivity contribution is -0.118. The second kappa shape index (κ2) is 8.11. The minimum Gasteiger partial charge on any atom is -0.325 e. The molecule has 6 heteroatoms. The van der Waals surface area contributed by atoms with Crippen LogP contribution in [0, 0.1) is 5.92 Å². The summed E-state index contributed by atoms with van der Waals surface area (Å²) in [6.07, 6.45) is 1.04. The van der Waals surface area contributed by atoms with Crippen LogP contribution in [0.1, 0.15) is 31.4 Å². The zero-order valence-corrected chi connectivity index (χ0v) is 16.3. The standard InChI is InChI=1S/C21H24ClN3O2/c1-13(2)9-18(23)21(27)24-17-7-3-14(4-8-17)12-25-19-11-16(22)6-5-15(19)10-20(25)26/h3-8,11,13,18H,9-10,12,23H2,1-2H3,(H,24,27)/t18-/m0/s1. The van der Waals surface area contributed by atoms with Gasteiger partial charge in [0, 0.05) is 16.4 Å². The maximum atomic E-state index is 12.3. The van der Waals surface area contributed by atoms with E-state index in [-0.39, 0.29) is 11.8 Å². The summed E-state index contributed by atoms with van der Waals surface area (Å²) < 4.78 is 0. The molecular weight excluding hydrogens is 362 g/mol. The number of rotatable bonds is 6. The summed E-state index contributed by atoms with van der Waals surface area (Å²) in [7, 11) is 0. The van der Waals surface area contributed by atoms with E-state index in [0.717, 1.165) is 16.8 Å². The molecule has 2 aromatic carbocycles. The van der Waals surface area contributed by atoms with Gasteiger partial charge in [-0.05, 0) is 47.7 Å². The van der Waals surface area contributed by atoms with Crippen molar-refractivity contribution in [2.24, 2.45) is 11.7 Å². The maximum absolute atomic E-state index is 12.3. The molecule has 2 aromatic rings. The Morgan fingerprint density at radius 2 is 1.93 bits per heavy atom. The molecule has 0 saturated heterocycles. The SMILES string of the molecule is CC(C)C[C@H](N)C(=O)Nc1ccc(CN2C(=O)Cc3ccc(Cl)cc32)cc1. The molecular formula is C21H24ClN3O2. The molecule has 0 aliphatic carbocycles. The molecule has 1 aliphatic heterocycles. The van der Waals surface area contributed by atoms with E-state index in [1.54, 1.807) is 11.0 Å². The molecule has 3 N–H and O–H groups in total. The number of hydrogen-bond acceptors (Lipinski definition) is 3. The first-order valence-electron chi connectivity index (χ1n) is 9.07. The van der Waals surface area contributed by atoms with Gasteiger partial charge in [0.15, 0.2) is 0 Å². The first-order chi connectivity index (χ1) is 12.8. The monoisotopic (exact) mass is 385 g/mol. The Morgan fingerprint density at radius 1 is 1.22 bits per heavy atom. The van der Waals surface area contributed by atoms with Gasteiger partial charge in [-0.1, -0.05) is 43.6 Å². The second-order valence-corrected chi connectivity index (χ2v) is 7.79. The van der Waals surface area contributed by atoms with Crippen LogP contribution in [0.25, 0.3) is 0 Å². The fourth-order valence-corrected chi connectivity index (χ4v) is 3.40. The number of benzene rings is 2. The quantitative estimate of drug-likeness (QED) is 0.795. The Kier molecular flexibility index (Phi) is 5.82. The molecule has 1 atom stereocenters. The predicted octanol–water partition coefficient (Wildman–Crippen LogP) is 3.74. The molecule has 3 rings (SSSR count). The van der Waals surface area contributed by atoms with Crippen LogP contribution in [0.3, 0.4) is 0 Å². The summed E-state index contributed by atoms with van der Waals surface area (Å²) in [5.74, 6) is 0.238. The average Bonchev–Trinajstić information content (AvgIpc) is 2.91. The Hall–Kier alpha value is -2.37. The molecule has 1 heterocycles. The van der Waals surface area contributed by atoms with Crippen LogP contribution < -0.4 is 16.0 Å². The number of nitrogens with zero attached hydrogens (tertiary/aromatic N) is 1. The summed E-state index contributed by atoms with van der Waals surface area (Å²) in [5, 5.41) is 3.45. The number of carbonyl (C=O) groups is 2. The van der Waals surface area contributed by atoms with E-state index in [1.165, 1.54) is 0 Å². The van der Waals surface area contributed by atoms with Crippen molar-refractivity contribution in [2.45, 2.75) is 39.3 Å². The molecule has 142 valence electrons. The van der Waals surface area contributed by atoms with Crippen molar-refractivity contribution in [1.29, 1.82) is 0 Å². The van der Waals surface area contributed by atoms with E-state index in [0.29, 0.717) is 36.0 Å². The molecule has 0 spiro atoms. The number of anilines is 2. The van der Waals surface area contributed by atoms with Gasteiger partial charge < -0.3 is 16.0 Å². The lowest BCUT2D eigenvalue weighted by Gasteiger charge is -2.18. The molecule has 0 radical (unpaired) electrons. The summed E-state index contributed by atoms with van der Waals surface area (Å²) in [6, 6.07) is 12.5. The van der Waals surface area contributed by atoms with Gasteiger partial charge >= 0.3 is 0 Å². The van der Waals surface area contributed by atoms with Crippen molar-refractivity contribution in [3.63, 3.8) is 0 Å². The van der Waals surface area contributed by atoms with E-state index in [9.17, 15) is 9.59 Å². The smallest absolute Gasteiger partial charge is 0.241 e. The van der Waals surface area contributed by atoms with Crippen molar-refractivity contribution >= 4 is 34.8 Å². The van der Waals surface area contributed by atoms with E-state index in [2.05, 4.69) is 5.32 Å². The fraction of sp³-hybridized carbons (Fsp3) is 0.333. The van der Waals surface area contributed by atoms with Crippen molar-refractivity contribution in [3.8, 4) is 0 Å². The van der Waals surface area contributed by atoms with E-state index < -0.39 is 6.04 Å². The Morgan fingerprint density at radius 3 is 2.59 bits per heavy atom. The van der Waals surface area contributed by atoms with Gasteiger partial charge in [0.05, 0.1) is 19.0 Å². The minimum atomic E-state index is -0.520. The van der Waals surface area contributed by atoms with Crippen molar-refractivity contribution in [2.75, 3.05) is 10.2 Å². The number of amides is 2. The third kappa shape index (κ3) is 4.67. The van der Waals surface area contributed by atoms with Crippen molar-refractivity contribution in [3.05, 3.63) is 58.6 Å². The summed E-state index contributed by atoms with van der Waals surface area (Å²) in [6.45, 7) is 4.53. The molecule has 1 aliphatic rings. The predicted molar refractivity (Wildman–Crippen MR) is 109 cm³/mol. The van der Waals surface area contributed by atoms with E-state index >= 15 is 0 Å². The van der Waals surface area contributed by atoms with E-state index in [1.807, 2.05) is 50.2 Å². The van der Waals surface area contributed by atoms with Gasteiger partial charge in [0.25, 0.3) is 0 Å². The zero-order valence-electron chi connectivity index (χ0n) is 15.5. The number of fused-ring (bicyclic) bond motifs is 1. The minimum absolute atomic E-state index is 0.0595. The number of carbonyl (C=O) groups excluding carboxylic acids is 2. The van der Waals surface area contributed by atoms with Gasteiger partial charge in [-0.3, -0.25) is 9.59 Å². The van der Waals surface area contributed by atoms with Crippen LogP contribution in [0.15, 0.2) is 42.5 Å². The van der Waals surface area contributed by atoms with Crippen LogP contribution in [-0.4, -0.2) is 17.9 Å². The summed E-state index contributed by atoms with van der Waals surface area (Å²) >= 11 is 6.08. The molecule has 0 aromatic heterocycles. The van der Waals surface area contributed by atoms with Gasteiger partial charge in [-0.15, -0.1) is 0 Å². The molecule has 27 heavy (non-hydrogen) atoms. The number of halogens is 1. The van der Waals surface area contributed by atoms with Gasteiger partial charge in [0.1, 0.15) is 0 Å². The molecule has 0 fully saturated rings. The van der Waals surface area contributed by atoms with Crippen LogP contribution in [0.5, 0.6) is 0 Å². The Balaban J connectivity index is 1.66. The topological polar surface area (TPSA) is 75.4 Å². The normalized spacial score (nSPS) is 14.4. The van der Waals surface area contributed by atoms with Crippen LogP contribution >= 0.6 is 11.6 Å². The maximum Gasteiger partial charge on any atom is 0.241 e. The Labute approximate surface area is 164 Å². The van der Waals surface area contributed by atoms with Gasteiger partial charge in [-0.25, -0.2) is 0 Å². The highest BCUT2D eigenvalue weighted by Crippen LogP contribution is 2.32. The first-order valence-corrected chi connectivity index (χ1v) is 9.45. The molecule has 0 saturated carbocycles. The molecule has 0 bridgehead atoms. The number of hydrogen-bond donors (Lipinski definition) is 2. The van der Waals surface area contributed by atoms with Crippen LogP contribution in [0.2, 0.25) is 5.02 Å². The third-order valence-corrected chi connectivity index (χ3v) is 4.84. The molecule has 5 nitrogen and oxygen atoms in total. The highest BCUT2D eigenvalue weighted by Gasteiger charge is 2.27. The molecule has 0 unspecified atom stereocenters. The lowest BCUT2D eigenvalue weighted by Crippen LogP contribution is -2.36. The second-order valence-electron chi connectivity index (χ2n) is 7.35. The van der Waals surface area contributed by atoms with Crippen molar-refractivity contribution in [1.82, 2.24) is 0 Å². The van der Waals surface area contributed by atoms with Crippen LogP contribution in [0.4, 0.5) is 11.4 Å². The third-order valence-electron chi connectivity index (χ3n) is 4.61. The number of nitrogens with one attached hydrogen (secondary N) is 1. The van der Waals surface area contributed by atoms with Gasteiger partial charge in [0.2, 0.25) is 11.8 Å². The highest BCUT2D eigenvalue weighted by molar-refractivity contribution is 6.31. The summed E-state index contributed by atoms with van der Waals surface area (Å²) in [4.78, 5) is 26.2. The average molecular weight is 386 g/mol. The first kappa shape index (κ1) is 19.4. The highest BCUT2D eigenvalue weighted by atomic mass is 35.5. The Bertz CT molecular complexity index is 849. The fourth-order valence-electron chi connectivity index (χ4n) is 3.23. The van der Waals surface area contributed by atoms with Gasteiger partial charge in [-0.2, -0.15) is 0 Å². The van der Waals surface area contributed by atoms with E-state index in [4.69, 9.17) is 17.3 Å². The summed E-state index contributed by atoms with van der Waals surface area (Å²) in [5.41, 5.74) is 9.44. The van der Waals surface area contributed by atoms with Crippen molar-refractivity contribution < 1.29 is 9.59 Å². The lowest BCUT2D eigenvalue weighted by atomic mass is 10.0. The zero-order chi connectivity index (χ0) is 19.6. The number of nitrogens with two attached hydrogens (primary N) is 1. The molecule has 2 amide bonds. The largest absolute Gasteiger partial charge is 0.325 e.